The molecule has 1 atom stereocenters. The molecule has 2 aromatic rings. The van der Waals surface area contributed by atoms with Gasteiger partial charge in [0.05, 0.1) is 16.9 Å². The minimum Gasteiger partial charge on any atom is -0.481 e. The third kappa shape index (κ3) is 3.36. The van der Waals surface area contributed by atoms with Gasteiger partial charge in [0.1, 0.15) is 11.5 Å². The number of carboxylic acids is 1. The van der Waals surface area contributed by atoms with Crippen molar-refractivity contribution >= 4 is 11.7 Å². The van der Waals surface area contributed by atoms with Crippen LogP contribution < -0.4 is 4.74 Å². The molecule has 1 N–H and O–H groups in total. The lowest BCUT2D eigenvalue weighted by Gasteiger charge is -2.13. The molecule has 0 aliphatic heterocycles. The molecule has 0 aliphatic rings. The van der Waals surface area contributed by atoms with E-state index in [4.69, 9.17) is 9.84 Å². The van der Waals surface area contributed by atoms with Crippen LogP contribution in [0.25, 0.3) is 0 Å². The van der Waals surface area contributed by atoms with Gasteiger partial charge in [0, 0.05) is 11.6 Å². The predicted octanol–water partition coefficient (Wildman–Crippen LogP) is 3.58. The number of hydrogen-bond donors (Lipinski definition) is 1. The lowest BCUT2D eigenvalue weighted by atomic mass is 10.0. The molecule has 0 saturated carbocycles. The Hall–Kier alpha value is -2.89. The number of rotatable bonds is 5. The molecule has 21 heavy (non-hydrogen) atoms. The van der Waals surface area contributed by atoms with E-state index in [1.807, 2.05) is 0 Å². The average Bonchev–Trinajstić information content (AvgIpc) is 2.47. The number of hydrogen-bond acceptors (Lipinski definition) is 4. The van der Waals surface area contributed by atoms with Gasteiger partial charge in [-0.25, -0.2) is 0 Å². The number of nitro benzene ring substituents is 1. The molecule has 0 saturated heterocycles. The Morgan fingerprint density at radius 1 is 1.24 bits per heavy atom. The molecule has 0 amide bonds. The topological polar surface area (TPSA) is 89.7 Å². The number of benzene rings is 2. The van der Waals surface area contributed by atoms with Crippen LogP contribution in [0.2, 0.25) is 0 Å². The van der Waals surface area contributed by atoms with Gasteiger partial charge in [-0.2, -0.15) is 0 Å². The van der Waals surface area contributed by atoms with Crippen LogP contribution in [0.4, 0.5) is 5.69 Å². The number of aliphatic carboxylic acids is 1. The molecule has 2 aromatic carbocycles. The Bertz CT molecular complexity index is 683. The van der Waals surface area contributed by atoms with Crippen LogP contribution in [0.1, 0.15) is 18.4 Å². The molecular formula is C15H13NO5. The lowest BCUT2D eigenvalue weighted by molar-refractivity contribution is -0.384. The van der Waals surface area contributed by atoms with E-state index in [1.54, 1.807) is 37.3 Å². The molecule has 0 aliphatic carbocycles. The fraction of sp³-hybridized carbons (Fsp3) is 0.133. The second-order valence-electron chi connectivity index (χ2n) is 4.45. The van der Waals surface area contributed by atoms with Crippen molar-refractivity contribution in [2.45, 2.75) is 12.8 Å². The molecule has 0 heterocycles. The number of ether oxygens (including phenoxy) is 1. The Morgan fingerprint density at radius 2 is 1.95 bits per heavy atom. The Morgan fingerprint density at radius 3 is 2.62 bits per heavy atom. The van der Waals surface area contributed by atoms with Crippen LogP contribution in [0.5, 0.6) is 11.5 Å². The van der Waals surface area contributed by atoms with Gasteiger partial charge in [0.2, 0.25) is 0 Å². The molecule has 0 spiro atoms. The van der Waals surface area contributed by atoms with Gasteiger partial charge in [-0.3, -0.25) is 14.9 Å². The van der Waals surface area contributed by atoms with Crippen LogP contribution in [-0.4, -0.2) is 16.0 Å². The van der Waals surface area contributed by atoms with E-state index in [0.29, 0.717) is 11.3 Å². The normalized spacial score (nSPS) is 11.7. The molecule has 0 fully saturated rings. The summed E-state index contributed by atoms with van der Waals surface area (Å²) in [4.78, 5) is 21.3. The molecular weight excluding hydrogens is 274 g/mol. The van der Waals surface area contributed by atoms with Gasteiger partial charge in [-0.15, -0.1) is 0 Å². The first-order valence-electron chi connectivity index (χ1n) is 6.23. The predicted molar refractivity (Wildman–Crippen MR) is 75.7 cm³/mol. The summed E-state index contributed by atoms with van der Waals surface area (Å²) in [5, 5.41) is 19.8. The molecule has 6 nitrogen and oxygen atoms in total. The van der Waals surface area contributed by atoms with Crippen LogP contribution in [0.15, 0.2) is 48.5 Å². The van der Waals surface area contributed by atoms with Crippen LogP contribution >= 0.6 is 0 Å². The van der Waals surface area contributed by atoms with Crippen molar-refractivity contribution < 1.29 is 19.6 Å². The number of nitro groups is 1. The standard InChI is InChI=1S/C15H13NO5/c1-10(15(17)18)13-7-2-3-8-14(13)21-12-6-4-5-11(9-12)16(19)20/h2-10H,1H3,(H,17,18). The number of para-hydroxylation sites is 1. The van der Waals surface area contributed by atoms with Gasteiger partial charge >= 0.3 is 5.97 Å². The van der Waals surface area contributed by atoms with Crippen molar-refractivity contribution in [2.24, 2.45) is 0 Å². The van der Waals surface area contributed by atoms with Crippen LogP contribution in [0, 0.1) is 10.1 Å². The summed E-state index contributed by atoms with van der Waals surface area (Å²) in [6.07, 6.45) is 0. The molecule has 1 unspecified atom stereocenters. The fourth-order valence-electron chi connectivity index (χ4n) is 1.85. The fourth-order valence-corrected chi connectivity index (χ4v) is 1.85. The number of carboxylic acid groups (broad SMARTS) is 1. The lowest BCUT2D eigenvalue weighted by Crippen LogP contribution is -2.08. The number of nitrogens with zero attached hydrogens (tertiary/aromatic N) is 1. The summed E-state index contributed by atoms with van der Waals surface area (Å²) < 4.78 is 5.60. The monoisotopic (exact) mass is 287 g/mol. The maximum absolute atomic E-state index is 11.1. The van der Waals surface area contributed by atoms with Gasteiger partial charge in [-0.1, -0.05) is 24.3 Å². The minimum atomic E-state index is -0.968. The zero-order chi connectivity index (χ0) is 15.4. The van der Waals surface area contributed by atoms with E-state index in [-0.39, 0.29) is 11.4 Å². The van der Waals surface area contributed by atoms with E-state index in [9.17, 15) is 14.9 Å². The van der Waals surface area contributed by atoms with Crippen molar-refractivity contribution in [3.63, 3.8) is 0 Å². The smallest absolute Gasteiger partial charge is 0.310 e. The first kappa shape index (κ1) is 14.5. The van der Waals surface area contributed by atoms with Crippen molar-refractivity contribution in [3.05, 3.63) is 64.2 Å². The van der Waals surface area contributed by atoms with Crippen LogP contribution in [0.3, 0.4) is 0 Å². The van der Waals surface area contributed by atoms with E-state index in [2.05, 4.69) is 0 Å². The number of carbonyl (C=O) groups is 1. The van der Waals surface area contributed by atoms with E-state index < -0.39 is 16.8 Å². The summed E-state index contributed by atoms with van der Waals surface area (Å²) in [6.45, 7) is 1.55. The highest BCUT2D eigenvalue weighted by Crippen LogP contribution is 2.31. The quantitative estimate of drug-likeness (QED) is 0.670. The van der Waals surface area contributed by atoms with Crippen molar-refractivity contribution in [1.82, 2.24) is 0 Å². The van der Waals surface area contributed by atoms with Crippen molar-refractivity contribution in [1.29, 1.82) is 0 Å². The molecule has 6 heteroatoms. The zero-order valence-corrected chi connectivity index (χ0v) is 11.2. The summed E-state index contributed by atoms with van der Waals surface area (Å²) in [5.74, 6) is -1.05. The second-order valence-corrected chi connectivity index (χ2v) is 4.45. The highest BCUT2D eigenvalue weighted by molar-refractivity contribution is 5.76. The third-order valence-electron chi connectivity index (χ3n) is 3.01. The van der Waals surface area contributed by atoms with E-state index in [1.165, 1.54) is 18.2 Å². The zero-order valence-electron chi connectivity index (χ0n) is 11.2. The van der Waals surface area contributed by atoms with Gasteiger partial charge < -0.3 is 9.84 Å². The molecule has 108 valence electrons. The van der Waals surface area contributed by atoms with Crippen molar-refractivity contribution in [3.8, 4) is 11.5 Å². The Labute approximate surface area is 120 Å². The Kier molecular flexibility index (Phi) is 4.18. The van der Waals surface area contributed by atoms with Crippen molar-refractivity contribution in [2.75, 3.05) is 0 Å². The Balaban J connectivity index is 2.34. The summed E-state index contributed by atoms with van der Waals surface area (Å²) in [6, 6.07) is 12.5. The SMILES string of the molecule is CC(C(=O)O)c1ccccc1Oc1cccc([N+](=O)[O-])c1. The maximum atomic E-state index is 11.1. The van der Waals surface area contributed by atoms with E-state index in [0.717, 1.165) is 0 Å². The van der Waals surface area contributed by atoms with Gasteiger partial charge in [-0.05, 0) is 19.1 Å². The van der Waals surface area contributed by atoms with Crippen LogP contribution in [-0.2, 0) is 4.79 Å². The first-order valence-corrected chi connectivity index (χ1v) is 6.23. The summed E-state index contributed by atoms with van der Waals surface area (Å²) in [5.41, 5.74) is 0.424. The number of non-ortho nitro benzene ring substituents is 1. The molecule has 0 bridgehead atoms. The first-order chi connectivity index (χ1) is 9.99. The minimum absolute atomic E-state index is 0.0868. The second kappa shape index (κ2) is 6.04. The van der Waals surface area contributed by atoms with Gasteiger partial charge in [0.25, 0.3) is 5.69 Å². The molecule has 2 rings (SSSR count). The highest BCUT2D eigenvalue weighted by Gasteiger charge is 2.18. The third-order valence-corrected chi connectivity index (χ3v) is 3.01. The summed E-state index contributed by atoms with van der Waals surface area (Å²) in [7, 11) is 0. The highest BCUT2D eigenvalue weighted by atomic mass is 16.6. The van der Waals surface area contributed by atoms with E-state index >= 15 is 0 Å². The molecule has 0 aromatic heterocycles. The van der Waals surface area contributed by atoms with Gasteiger partial charge in [0.15, 0.2) is 0 Å². The maximum Gasteiger partial charge on any atom is 0.310 e. The molecule has 0 radical (unpaired) electrons. The largest absolute Gasteiger partial charge is 0.481 e. The average molecular weight is 287 g/mol. The summed E-state index contributed by atoms with van der Waals surface area (Å²) >= 11 is 0.